The Kier molecular flexibility index (Phi) is 4.89. The lowest BCUT2D eigenvalue weighted by Gasteiger charge is -2.30. The number of carbonyl (C=O) groups excluding carboxylic acids is 3. The lowest BCUT2D eigenvalue weighted by atomic mass is 9.89. The average Bonchev–Trinajstić information content (AvgIpc) is 3.14. The summed E-state index contributed by atoms with van der Waals surface area (Å²) in [6.45, 7) is 2.16. The van der Waals surface area contributed by atoms with Gasteiger partial charge in [-0.25, -0.2) is 4.79 Å². The van der Waals surface area contributed by atoms with E-state index in [4.69, 9.17) is 4.74 Å². The standard InChI is InChI=1S/C21H26N2O4/c1-27-21(26)22-9-6-14(7-10-22)2-4-18(24)17-12-15-3-5-19(25)23-11-8-16(13-17)20(15)23/h12-14H,2-11H2,1H3. The van der Waals surface area contributed by atoms with Crippen LogP contribution >= 0.6 is 0 Å². The number of likely N-dealkylation sites (tertiary alicyclic amines) is 1. The summed E-state index contributed by atoms with van der Waals surface area (Å²) in [5.41, 5.74) is 4.17. The van der Waals surface area contributed by atoms with Crippen LogP contribution in [0.15, 0.2) is 12.1 Å². The molecule has 2 amide bonds. The van der Waals surface area contributed by atoms with E-state index in [0.29, 0.717) is 31.8 Å². The number of carbonyl (C=O) groups is 3. The fourth-order valence-corrected chi connectivity index (χ4v) is 4.63. The summed E-state index contributed by atoms with van der Waals surface area (Å²) in [6, 6.07) is 4.01. The van der Waals surface area contributed by atoms with Crippen LogP contribution in [0.5, 0.6) is 0 Å². The van der Waals surface area contributed by atoms with Crippen LogP contribution in [0.4, 0.5) is 10.5 Å². The Bertz CT molecular complexity index is 781. The van der Waals surface area contributed by atoms with Gasteiger partial charge in [-0.15, -0.1) is 0 Å². The van der Waals surface area contributed by atoms with Crippen molar-refractivity contribution in [3.8, 4) is 0 Å². The number of aryl methyl sites for hydroxylation is 1. The number of piperidine rings is 1. The van der Waals surface area contributed by atoms with Gasteiger partial charge in [0.15, 0.2) is 5.78 Å². The third-order valence-electron chi connectivity index (χ3n) is 6.20. The molecular weight excluding hydrogens is 344 g/mol. The van der Waals surface area contributed by atoms with Gasteiger partial charge >= 0.3 is 6.09 Å². The quantitative estimate of drug-likeness (QED) is 0.764. The van der Waals surface area contributed by atoms with E-state index in [9.17, 15) is 14.4 Å². The summed E-state index contributed by atoms with van der Waals surface area (Å²) < 4.78 is 4.77. The fraction of sp³-hybridized carbons (Fsp3) is 0.571. The highest BCUT2D eigenvalue weighted by Crippen LogP contribution is 2.37. The molecule has 1 aromatic rings. The van der Waals surface area contributed by atoms with E-state index in [-0.39, 0.29) is 17.8 Å². The minimum Gasteiger partial charge on any atom is -0.453 e. The predicted molar refractivity (Wildman–Crippen MR) is 101 cm³/mol. The molecule has 3 heterocycles. The van der Waals surface area contributed by atoms with E-state index in [1.54, 1.807) is 4.90 Å². The summed E-state index contributed by atoms with van der Waals surface area (Å²) >= 11 is 0. The van der Waals surface area contributed by atoms with Gasteiger partial charge in [-0.3, -0.25) is 9.59 Å². The van der Waals surface area contributed by atoms with Crippen molar-refractivity contribution < 1.29 is 19.1 Å². The number of ether oxygens (including phenoxy) is 1. The van der Waals surface area contributed by atoms with Crippen LogP contribution in [0.25, 0.3) is 0 Å². The molecule has 0 unspecified atom stereocenters. The summed E-state index contributed by atoms with van der Waals surface area (Å²) in [5, 5.41) is 0. The van der Waals surface area contributed by atoms with E-state index < -0.39 is 0 Å². The fourth-order valence-electron chi connectivity index (χ4n) is 4.63. The molecule has 0 aliphatic carbocycles. The number of amides is 2. The Morgan fingerprint density at radius 2 is 1.78 bits per heavy atom. The maximum Gasteiger partial charge on any atom is 0.409 e. The molecular formula is C21H26N2O4. The van der Waals surface area contributed by atoms with E-state index in [1.807, 2.05) is 17.0 Å². The molecule has 3 aliphatic rings. The average molecular weight is 370 g/mol. The van der Waals surface area contributed by atoms with Crippen molar-refractivity contribution in [2.75, 3.05) is 31.6 Å². The third kappa shape index (κ3) is 3.45. The lowest BCUT2D eigenvalue weighted by Crippen LogP contribution is -2.38. The van der Waals surface area contributed by atoms with E-state index in [2.05, 4.69) is 0 Å². The maximum absolute atomic E-state index is 12.8. The van der Waals surface area contributed by atoms with Gasteiger partial charge in [0, 0.05) is 38.0 Å². The maximum atomic E-state index is 12.8. The van der Waals surface area contributed by atoms with Crippen LogP contribution in [0, 0.1) is 5.92 Å². The van der Waals surface area contributed by atoms with Gasteiger partial charge in [0.05, 0.1) is 12.8 Å². The summed E-state index contributed by atoms with van der Waals surface area (Å²) in [6.07, 6.45) is 5.14. The zero-order valence-electron chi connectivity index (χ0n) is 15.8. The third-order valence-corrected chi connectivity index (χ3v) is 6.20. The highest BCUT2D eigenvalue weighted by atomic mass is 16.5. The van der Waals surface area contributed by atoms with Crippen molar-refractivity contribution in [2.45, 2.75) is 44.9 Å². The monoisotopic (exact) mass is 370 g/mol. The van der Waals surface area contributed by atoms with Crippen molar-refractivity contribution in [1.82, 2.24) is 4.90 Å². The second kappa shape index (κ2) is 7.33. The number of nitrogens with zero attached hydrogens (tertiary/aromatic N) is 2. The predicted octanol–water partition coefficient (Wildman–Crippen LogP) is 2.96. The molecule has 4 rings (SSSR count). The highest BCUT2D eigenvalue weighted by molar-refractivity contribution is 6.02. The molecule has 0 N–H and O–H groups in total. The molecule has 0 spiro atoms. The van der Waals surface area contributed by atoms with Crippen LogP contribution in [0.2, 0.25) is 0 Å². The van der Waals surface area contributed by atoms with Gasteiger partial charge in [-0.05, 0) is 61.3 Å². The number of hydrogen-bond donors (Lipinski definition) is 0. The van der Waals surface area contributed by atoms with E-state index >= 15 is 0 Å². The SMILES string of the molecule is COC(=O)N1CCC(CCC(=O)c2cc3c4c(c2)CCN4C(=O)CC3)CC1. The van der Waals surface area contributed by atoms with Crippen LogP contribution in [-0.2, 0) is 22.4 Å². The normalized spacial score (nSPS) is 19.2. The van der Waals surface area contributed by atoms with Crippen molar-refractivity contribution >= 4 is 23.5 Å². The van der Waals surface area contributed by atoms with Crippen molar-refractivity contribution in [3.05, 3.63) is 28.8 Å². The molecule has 1 saturated heterocycles. The number of rotatable bonds is 4. The van der Waals surface area contributed by atoms with Crippen LogP contribution in [-0.4, -0.2) is 49.4 Å². The zero-order valence-corrected chi connectivity index (χ0v) is 15.8. The molecule has 0 atom stereocenters. The first-order valence-electron chi connectivity index (χ1n) is 9.89. The minimum atomic E-state index is -0.260. The molecule has 144 valence electrons. The lowest BCUT2D eigenvalue weighted by molar-refractivity contribution is -0.118. The smallest absolute Gasteiger partial charge is 0.409 e. The number of anilines is 1. The molecule has 0 bridgehead atoms. The van der Waals surface area contributed by atoms with Gasteiger partial charge in [0.1, 0.15) is 0 Å². The van der Waals surface area contributed by atoms with Crippen molar-refractivity contribution in [3.63, 3.8) is 0 Å². The minimum absolute atomic E-state index is 0.194. The second-order valence-electron chi connectivity index (χ2n) is 7.80. The van der Waals surface area contributed by atoms with Crippen molar-refractivity contribution in [2.24, 2.45) is 5.92 Å². The molecule has 1 fully saturated rings. The molecule has 27 heavy (non-hydrogen) atoms. The number of ketones is 1. The Balaban J connectivity index is 1.36. The Morgan fingerprint density at radius 3 is 2.48 bits per heavy atom. The van der Waals surface area contributed by atoms with E-state index in [0.717, 1.165) is 61.0 Å². The Morgan fingerprint density at radius 1 is 1.07 bits per heavy atom. The zero-order chi connectivity index (χ0) is 19.0. The highest BCUT2D eigenvalue weighted by Gasteiger charge is 2.32. The molecule has 0 radical (unpaired) electrons. The first-order valence-corrected chi connectivity index (χ1v) is 9.89. The molecule has 3 aliphatic heterocycles. The second-order valence-corrected chi connectivity index (χ2v) is 7.80. The number of methoxy groups -OCH3 is 1. The number of hydrogen-bond acceptors (Lipinski definition) is 4. The summed E-state index contributed by atoms with van der Waals surface area (Å²) in [4.78, 5) is 40.0. The Hall–Kier alpha value is -2.37. The van der Waals surface area contributed by atoms with E-state index in [1.165, 1.54) is 7.11 Å². The van der Waals surface area contributed by atoms with Gasteiger partial charge in [-0.1, -0.05) is 0 Å². The summed E-state index contributed by atoms with van der Waals surface area (Å²) in [7, 11) is 1.41. The molecule has 6 nitrogen and oxygen atoms in total. The first-order chi connectivity index (χ1) is 13.1. The molecule has 0 saturated carbocycles. The largest absolute Gasteiger partial charge is 0.453 e. The van der Waals surface area contributed by atoms with Crippen molar-refractivity contribution in [1.29, 1.82) is 0 Å². The molecule has 6 heteroatoms. The van der Waals surface area contributed by atoms with Crippen LogP contribution in [0.3, 0.4) is 0 Å². The Labute approximate surface area is 159 Å². The van der Waals surface area contributed by atoms with Crippen LogP contribution in [0.1, 0.15) is 53.6 Å². The van der Waals surface area contributed by atoms with Crippen LogP contribution < -0.4 is 4.90 Å². The van der Waals surface area contributed by atoms with Gasteiger partial charge < -0.3 is 14.5 Å². The topological polar surface area (TPSA) is 66.9 Å². The van der Waals surface area contributed by atoms with Gasteiger partial charge in [-0.2, -0.15) is 0 Å². The summed E-state index contributed by atoms with van der Waals surface area (Å²) in [5.74, 6) is 0.883. The molecule has 1 aromatic carbocycles. The van der Waals surface area contributed by atoms with Gasteiger partial charge in [0.25, 0.3) is 0 Å². The van der Waals surface area contributed by atoms with Gasteiger partial charge in [0.2, 0.25) is 5.91 Å². The molecule has 0 aromatic heterocycles. The number of benzene rings is 1. The number of Topliss-reactive ketones (excluding diaryl/α,β-unsaturated/α-hetero) is 1. The first kappa shape index (κ1) is 18.0.